The minimum absolute atomic E-state index is 0.0621. The molecule has 0 aromatic rings. The summed E-state index contributed by atoms with van der Waals surface area (Å²) in [5, 5.41) is 14.2. The molecular weight excluding hydrogens is 236 g/mol. The van der Waals surface area contributed by atoms with Gasteiger partial charge in [0.25, 0.3) is 0 Å². The first-order valence-corrected chi connectivity index (χ1v) is 6.29. The van der Waals surface area contributed by atoms with E-state index in [1.54, 1.807) is 6.92 Å². The van der Waals surface area contributed by atoms with Gasteiger partial charge in [-0.25, -0.2) is 4.79 Å². The average molecular weight is 258 g/mol. The van der Waals surface area contributed by atoms with Crippen molar-refractivity contribution in [2.24, 2.45) is 0 Å². The summed E-state index contributed by atoms with van der Waals surface area (Å²) >= 11 is 0. The summed E-state index contributed by atoms with van der Waals surface area (Å²) in [6.45, 7) is 5.11. The number of aliphatic carboxylic acids is 1. The van der Waals surface area contributed by atoms with Crippen molar-refractivity contribution in [2.45, 2.75) is 51.1 Å². The predicted molar refractivity (Wildman–Crippen MR) is 66.5 cm³/mol. The van der Waals surface area contributed by atoms with E-state index in [2.05, 4.69) is 10.6 Å². The van der Waals surface area contributed by atoms with Crippen LogP contribution in [0.15, 0.2) is 0 Å². The highest BCUT2D eigenvalue weighted by Crippen LogP contribution is 2.19. The highest BCUT2D eigenvalue weighted by Gasteiger charge is 2.29. The smallest absolute Gasteiger partial charge is 0.315 e. The Balaban J connectivity index is 2.29. The molecule has 0 saturated carbocycles. The highest BCUT2D eigenvalue weighted by atomic mass is 16.5. The van der Waals surface area contributed by atoms with Gasteiger partial charge in [0.1, 0.15) is 0 Å². The fourth-order valence-electron chi connectivity index (χ4n) is 1.89. The largest absolute Gasteiger partial charge is 0.481 e. The molecule has 1 rings (SSSR count). The zero-order valence-corrected chi connectivity index (χ0v) is 11.0. The average Bonchev–Trinajstić information content (AvgIpc) is 2.26. The van der Waals surface area contributed by atoms with Crippen molar-refractivity contribution in [2.75, 3.05) is 13.2 Å². The predicted octanol–water partition coefficient (Wildman–Crippen LogP) is 1.11. The molecule has 2 amide bonds. The van der Waals surface area contributed by atoms with Crippen molar-refractivity contribution in [3.8, 4) is 0 Å². The van der Waals surface area contributed by atoms with Crippen LogP contribution >= 0.6 is 0 Å². The number of ether oxygens (including phenoxy) is 1. The Hall–Kier alpha value is -1.30. The standard InChI is InChI=1S/C12H22N2O4/c1-9(3-4-10(15)16)13-11(17)14-12(2)5-7-18-8-6-12/h9H,3-8H2,1-2H3,(H,15,16)(H2,13,14,17). The summed E-state index contributed by atoms with van der Waals surface area (Å²) < 4.78 is 5.26. The van der Waals surface area contributed by atoms with E-state index in [0.29, 0.717) is 19.6 Å². The van der Waals surface area contributed by atoms with E-state index in [-0.39, 0.29) is 24.0 Å². The first-order chi connectivity index (χ1) is 8.41. The van der Waals surface area contributed by atoms with Crippen molar-refractivity contribution in [3.63, 3.8) is 0 Å². The topological polar surface area (TPSA) is 87.7 Å². The number of carboxylic acids is 1. The number of hydrogen-bond acceptors (Lipinski definition) is 3. The number of urea groups is 1. The molecular formula is C12H22N2O4. The van der Waals surface area contributed by atoms with Crippen LogP contribution in [-0.2, 0) is 9.53 Å². The zero-order chi connectivity index (χ0) is 13.6. The highest BCUT2D eigenvalue weighted by molar-refractivity contribution is 5.75. The van der Waals surface area contributed by atoms with Gasteiger partial charge in [-0.3, -0.25) is 4.79 Å². The number of amides is 2. The molecule has 1 fully saturated rings. The van der Waals surface area contributed by atoms with Crippen molar-refractivity contribution >= 4 is 12.0 Å². The first kappa shape index (κ1) is 14.8. The number of carbonyl (C=O) groups excluding carboxylic acids is 1. The van der Waals surface area contributed by atoms with Gasteiger partial charge in [0, 0.05) is 31.2 Å². The third-order valence-corrected chi connectivity index (χ3v) is 3.18. The van der Waals surface area contributed by atoms with Crippen LogP contribution in [0.5, 0.6) is 0 Å². The lowest BCUT2D eigenvalue weighted by Gasteiger charge is -2.34. The first-order valence-electron chi connectivity index (χ1n) is 6.29. The quantitative estimate of drug-likeness (QED) is 0.689. The number of nitrogens with one attached hydrogen (secondary N) is 2. The second-order valence-corrected chi connectivity index (χ2v) is 5.10. The fourth-order valence-corrected chi connectivity index (χ4v) is 1.89. The Bertz CT molecular complexity index is 300. The van der Waals surface area contributed by atoms with E-state index in [4.69, 9.17) is 9.84 Å². The number of hydrogen-bond donors (Lipinski definition) is 3. The van der Waals surface area contributed by atoms with Gasteiger partial charge in [-0.2, -0.15) is 0 Å². The van der Waals surface area contributed by atoms with Crippen LogP contribution in [0.2, 0.25) is 0 Å². The van der Waals surface area contributed by atoms with Gasteiger partial charge in [-0.15, -0.1) is 0 Å². The SMILES string of the molecule is CC(CCC(=O)O)NC(=O)NC1(C)CCOCC1. The summed E-state index contributed by atoms with van der Waals surface area (Å²) in [5.74, 6) is -0.847. The van der Waals surface area contributed by atoms with Gasteiger partial charge in [0.15, 0.2) is 0 Å². The van der Waals surface area contributed by atoms with Crippen LogP contribution in [0.25, 0.3) is 0 Å². The summed E-state index contributed by atoms with van der Waals surface area (Å²) in [6, 6.07) is -0.387. The molecule has 1 saturated heterocycles. The molecule has 18 heavy (non-hydrogen) atoms. The lowest BCUT2D eigenvalue weighted by atomic mass is 9.93. The van der Waals surface area contributed by atoms with E-state index >= 15 is 0 Å². The van der Waals surface area contributed by atoms with E-state index < -0.39 is 5.97 Å². The van der Waals surface area contributed by atoms with Gasteiger partial charge in [-0.05, 0) is 33.1 Å². The van der Waals surface area contributed by atoms with Crippen LogP contribution in [0.3, 0.4) is 0 Å². The lowest BCUT2D eigenvalue weighted by molar-refractivity contribution is -0.137. The minimum atomic E-state index is -0.847. The van der Waals surface area contributed by atoms with Crippen molar-refractivity contribution < 1.29 is 19.4 Å². The molecule has 104 valence electrons. The Morgan fingerprint density at radius 1 is 1.39 bits per heavy atom. The molecule has 1 aliphatic heterocycles. The maximum absolute atomic E-state index is 11.8. The van der Waals surface area contributed by atoms with Gasteiger partial charge in [0.05, 0.1) is 0 Å². The molecule has 1 heterocycles. The molecule has 0 radical (unpaired) electrons. The molecule has 3 N–H and O–H groups in total. The van der Waals surface area contributed by atoms with Crippen molar-refractivity contribution in [3.05, 3.63) is 0 Å². The fraction of sp³-hybridized carbons (Fsp3) is 0.833. The molecule has 1 unspecified atom stereocenters. The summed E-state index contributed by atoms with van der Waals surface area (Å²) in [5.41, 5.74) is -0.227. The second kappa shape index (κ2) is 6.58. The lowest BCUT2D eigenvalue weighted by Crippen LogP contribution is -2.54. The van der Waals surface area contributed by atoms with Gasteiger partial charge < -0.3 is 20.5 Å². The Kier molecular flexibility index (Phi) is 5.40. The van der Waals surface area contributed by atoms with Crippen LogP contribution < -0.4 is 10.6 Å². The van der Waals surface area contributed by atoms with E-state index in [9.17, 15) is 9.59 Å². The molecule has 1 atom stereocenters. The van der Waals surface area contributed by atoms with Crippen LogP contribution in [0.1, 0.15) is 39.5 Å². The number of carbonyl (C=O) groups is 2. The van der Waals surface area contributed by atoms with Crippen LogP contribution in [-0.4, -0.2) is 41.9 Å². The van der Waals surface area contributed by atoms with E-state index in [0.717, 1.165) is 12.8 Å². The molecule has 0 aromatic carbocycles. The molecule has 1 aliphatic rings. The van der Waals surface area contributed by atoms with Crippen molar-refractivity contribution in [1.82, 2.24) is 10.6 Å². The normalized spacial score (nSPS) is 19.9. The Labute approximate surface area is 107 Å². The Morgan fingerprint density at radius 3 is 2.56 bits per heavy atom. The third-order valence-electron chi connectivity index (χ3n) is 3.18. The zero-order valence-electron chi connectivity index (χ0n) is 11.0. The second-order valence-electron chi connectivity index (χ2n) is 5.10. The van der Waals surface area contributed by atoms with E-state index in [1.807, 2.05) is 6.92 Å². The Morgan fingerprint density at radius 2 is 2.00 bits per heavy atom. The van der Waals surface area contributed by atoms with E-state index in [1.165, 1.54) is 0 Å². The van der Waals surface area contributed by atoms with Crippen LogP contribution in [0, 0.1) is 0 Å². The molecule has 0 aromatic heterocycles. The molecule has 6 nitrogen and oxygen atoms in total. The number of rotatable bonds is 5. The molecule has 6 heteroatoms. The molecule has 0 bridgehead atoms. The van der Waals surface area contributed by atoms with Gasteiger partial charge in [-0.1, -0.05) is 0 Å². The minimum Gasteiger partial charge on any atom is -0.481 e. The summed E-state index contributed by atoms with van der Waals surface area (Å²) in [4.78, 5) is 22.2. The molecule has 0 aliphatic carbocycles. The maximum Gasteiger partial charge on any atom is 0.315 e. The van der Waals surface area contributed by atoms with Gasteiger partial charge >= 0.3 is 12.0 Å². The molecule has 0 spiro atoms. The van der Waals surface area contributed by atoms with Gasteiger partial charge in [0.2, 0.25) is 0 Å². The monoisotopic (exact) mass is 258 g/mol. The van der Waals surface area contributed by atoms with Crippen LogP contribution in [0.4, 0.5) is 4.79 Å². The summed E-state index contributed by atoms with van der Waals surface area (Å²) in [7, 11) is 0. The number of carboxylic acid groups (broad SMARTS) is 1. The third kappa shape index (κ3) is 5.35. The maximum atomic E-state index is 11.8. The van der Waals surface area contributed by atoms with Crippen molar-refractivity contribution in [1.29, 1.82) is 0 Å². The summed E-state index contributed by atoms with van der Waals surface area (Å²) in [6.07, 6.45) is 2.09.